The summed E-state index contributed by atoms with van der Waals surface area (Å²) in [5, 5.41) is 2.82. The quantitative estimate of drug-likeness (QED) is 0.838. The zero-order valence-electron chi connectivity index (χ0n) is 14.3. The molecule has 1 N–H and O–H groups in total. The van der Waals surface area contributed by atoms with Gasteiger partial charge >= 0.3 is 0 Å². The van der Waals surface area contributed by atoms with Gasteiger partial charge in [-0.25, -0.2) is 0 Å². The number of carbonyl (C=O) groups excluding carboxylic acids is 2. The predicted molar refractivity (Wildman–Crippen MR) is 100.0 cm³/mol. The van der Waals surface area contributed by atoms with Crippen molar-refractivity contribution in [1.29, 1.82) is 0 Å². The molecule has 0 spiro atoms. The van der Waals surface area contributed by atoms with E-state index in [1.54, 1.807) is 12.1 Å². The molecule has 2 aliphatic heterocycles. The lowest BCUT2D eigenvalue weighted by Crippen LogP contribution is -2.56. The fraction of sp³-hybridized carbons (Fsp3) is 0.250. The van der Waals surface area contributed by atoms with Crippen LogP contribution in [-0.2, 0) is 9.59 Å². The summed E-state index contributed by atoms with van der Waals surface area (Å²) >= 11 is 0. The third-order valence-corrected chi connectivity index (χ3v) is 4.79. The first-order valence-electron chi connectivity index (χ1n) is 8.75. The Morgan fingerprint density at radius 1 is 0.808 bits per heavy atom. The molecule has 2 aromatic carbocycles. The monoisotopic (exact) mass is 348 g/mol. The number of rotatable bonds is 2. The minimum Gasteiger partial charge on any atom is -0.368 e. The number of nitrogens with one attached hydrogen (secondary N) is 1. The van der Waals surface area contributed by atoms with E-state index in [1.165, 1.54) is 5.69 Å². The Morgan fingerprint density at radius 2 is 1.38 bits per heavy atom. The Morgan fingerprint density at radius 3 is 2.00 bits per heavy atom. The van der Waals surface area contributed by atoms with E-state index in [-0.39, 0.29) is 5.91 Å². The Bertz CT molecular complexity index is 827. The van der Waals surface area contributed by atoms with Gasteiger partial charge in [-0.05, 0) is 17.7 Å². The van der Waals surface area contributed by atoms with Crippen LogP contribution in [-0.4, -0.2) is 48.9 Å². The van der Waals surface area contributed by atoms with Crippen molar-refractivity contribution in [3.63, 3.8) is 0 Å². The maximum atomic E-state index is 12.5. The highest BCUT2D eigenvalue weighted by atomic mass is 16.2. The van der Waals surface area contributed by atoms with E-state index in [1.807, 2.05) is 41.3 Å². The highest BCUT2D eigenvalue weighted by molar-refractivity contribution is 6.18. The zero-order chi connectivity index (χ0) is 17.9. The molecule has 1 saturated heterocycles. The maximum Gasteiger partial charge on any atom is 0.265 e. The Kier molecular flexibility index (Phi) is 4.39. The number of guanidine groups is 1. The molecule has 26 heavy (non-hydrogen) atoms. The third kappa shape index (κ3) is 3.18. The Hall–Kier alpha value is -3.15. The van der Waals surface area contributed by atoms with E-state index in [4.69, 9.17) is 0 Å². The summed E-state index contributed by atoms with van der Waals surface area (Å²) in [4.78, 5) is 33.4. The minimum absolute atomic E-state index is 0.309. The number of amides is 2. The van der Waals surface area contributed by atoms with E-state index in [0.29, 0.717) is 24.6 Å². The molecule has 0 radical (unpaired) electrons. The van der Waals surface area contributed by atoms with Crippen LogP contribution >= 0.6 is 0 Å². The molecule has 0 aliphatic carbocycles. The van der Waals surface area contributed by atoms with E-state index >= 15 is 0 Å². The van der Waals surface area contributed by atoms with Gasteiger partial charge in [-0.2, -0.15) is 4.99 Å². The number of piperazine rings is 1. The normalized spacial score (nSPS) is 20.6. The van der Waals surface area contributed by atoms with Gasteiger partial charge in [0.05, 0.1) is 0 Å². The first-order chi connectivity index (χ1) is 12.7. The average Bonchev–Trinajstić information content (AvgIpc) is 2.69. The van der Waals surface area contributed by atoms with Gasteiger partial charge in [0.15, 0.2) is 0 Å². The largest absolute Gasteiger partial charge is 0.368 e. The number of benzene rings is 2. The molecule has 0 aromatic heterocycles. The molecule has 1 unspecified atom stereocenters. The summed E-state index contributed by atoms with van der Waals surface area (Å²) in [5.74, 6) is -1.19. The number of carbonyl (C=O) groups is 2. The first-order valence-corrected chi connectivity index (χ1v) is 8.75. The number of hydrogen-bond acceptors (Lipinski definition) is 4. The SMILES string of the molecule is O=C1N=C(N2CCN(c3ccccc3)CC2)NC(=O)C1c1ccccc1. The second-order valence-electron chi connectivity index (χ2n) is 6.42. The fourth-order valence-corrected chi connectivity index (χ4v) is 3.40. The van der Waals surface area contributed by atoms with Gasteiger partial charge in [-0.15, -0.1) is 0 Å². The van der Waals surface area contributed by atoms with Crippen molar-refractivity contribution in [3.8, 4) is 0 Å². The molecule has 2 amide bonds. The Labute approximate surface area is 152 Å². The van der Waals surface area contributed by atoms with Crippen LogP contribution in [0.3, 0.4) is 0 Å². The van der Waals surface area contributed by atoms with Gasteiger partial charge in [-0.1, -0.05) is 48.5 Å². The fourth-order valence-electron chi connectivity index (χ4n) is 3.40. The Balaban J connectivity index is 1.45. The van der Waals surface area contributed by atoms with Crippen LogP contribution in [0.5, 0.6) is 0 Å². The highest BCUT2D eigenvalue weighted by Crippen LogP contribution is 2.21. The van der Waals surface area contributed by atoms with Gasteiger partial charge in [0.2, 0.25) is 11.9 Å². The molecule has 1 atom stereocenters. The van der Waals surface area contributed by atoms with Gasteiger partial charge in [0.1, 0.15) is 5.92 Å². The summed E-state index contributed by atoms with van der Waals surface area (Å²) in [5.41, 5.74) is 1.86. The van der Waals surface area contributed by atoms with Crippen LogP contribution < -0.4 is 10.2 Å². The predicted octanol–water partition coefficient (Wildman–Crippen LogP) is 1.60. The van der Waals surface area contributed by atoms with E-state index < -0.39 is 11.8 Å². The number of aliphatic imine (C=N–C) groups is 1. The molecule has 2 aromatic rings. The van der Waals surface area contributed by atoms with Gasteiger partial charge in [0, 0.05) is 31.9 Å². The lowest BCUT2D eigenvalue weighted by Gasteiger charge is -2.38. The summed E-state index contributed by atoms with van der Waals surface area (Å²) in [7, 11) is 0. The first kappa shape index (κ1) is 16.3. The van der Waals surface area contributed by atoms with Crippen LogP contribution in [0.1, 0.15) is 11.5 Å². The van der Waals surface area contributed by atoms with Crippen LogP contribution in [0.2, 0.25) is 0 Å². The molecular formula is C20H20N4O2. The maximum absolute atomic E-state index is 12.5. The van der Waals surface area contributed by atoms with Crippen molar-refractivity contribution in [1.82, 2.24) is 10.2 Å². The van der Waals surface area contributed by atoms with Crippen molar-refractivity contribution in [2.45, 2.75) is 5.92 Å². The van der Waals surface area contributed by atoms with E-state index in [9.17, 15) is 9.59 Å². The zero-order valence-corrected chi connectivity index (χ0v) is 14.3. The summed E-state index contributed by atoms with van der Waals surface area (Å²) in [6, 6.07) is 19.3. The van der Waals surface area contributed by atoms with E-state index in [0.717, 1.165) is 13.1 Å². The van der Waals surface area contributed by atoms with Crippen molar-refractivity contribution in [3.05, 3.63) is 66.2 Å². The van der Waals surface area contributed by atoms with Crippen molar-refractivity contribution >= 4 is 23.5 Å². The number of para-hydroxylation sites is 1. The van der Waals surface area contributed by atoms with Crippen molar-refractivity contribution in [2.75, 3.05) is 31.1 Å². The summed E-state index contributed by atoms with van der Waals surface area (Å²) in [6.07, 6.45) is 0. The summed E-state index contributed by atoms with van der Waals surface area (Å²) < 4.78 is 0. The molecule has 6 nitrogen and oxygen atoms in total. The van der Waals surface area contributed by atoms with Gasteiger partial charge in [-0.3, -0.25) is 14.9 Å². The van der Waals surface area contributed by atoms with Crippen LogP contribution in [0.25, 0.3) is 0 Å². The van der Waals surface area contributed by atoms with Gasteiger partial charge in [0.25, 0.3) is 5.91 Å². The smallest absolute Gasteiger partial charge is 0.265 e. The van der Waals surface area contributed by atoms with Gasteiger partial charge < -0.3 is 9.80 Å². The summed E-state index contributed by atoms with van der Waals surface area (Å²) in [6.45, 7) is 3.04. The molecule has 0 saturated carbocycles. The third-order valence-electron chi connectivity index (χ3n) is 4.79. The number of anilines is 1. The lowest BCUT2D eigenvalue weighted by atomic mass is 9.96. The molecule has 2 heterocycles. The molecule has 132 valence electrons. The molecule has 1 fully saturated rings. The average molecular weight is 348 g/mol. The number of nitrogens with zero attached hydrogens (tertiary/aromatic N) is 3. The van der Waals surface area contributed by atoms with Crippen LogP contribution in [0.4, 0.5) is 5.69 Å². The second kappa shape index (κ2) is 7.00. The van der Waals surface area contributed by atoms with Crippen LogP contribution in [0, 0.1) is 0 Å². The molecule has 4 rings (SSSR count). The molecule has 6 heteroatoms. The second-order valence-corrected chi connectivity index (χ2v) is 6.42. The van der Waals surface area contributed by atoms with Crippen molar-refractivity contribution < 1.29 is 9.59 Å². The van der Waals surface area contributed by atoms with E-state index in [2.05, 4.69) is 27.3 Å². The minimum atomic E-state index is -0.856. The standard InChI is InChI=1S/C20H20N4O2/c25-18-17(15-7-3-1-4-8-15)19(26)22-20(21-18)24-13-11-23(12-14-24)16-9-5-2-6-10-16/h1-10,17H,11-14H2,(H,21,22,25,26). The molecule has 0 bridgehead atoms. The molecule has 2 aliphatic rings. The van der Waals surface area contributed by atoms with Crippen LogP contribution in [0.15, 0.2) is 65.7 Å². The number of hydrogen-bond donors (Lipinski definition) is 1. The highest BCUT2D eigenvalue weighted by Gasteiger charge is 2.35. The lowest BCUT2D eigenvalue weighted by molar-refractivity contribution is -0.130. The van der Waals surface area contributed by atoms with Crippen molar-refractivity contribution in [2.24, 2.45) is 4.99 Å². The topological polar surface area (TPSA) is 65.0 Å². The molecular weight excluding hydrogens is 328 g/mol.